The van der Waals surface area contributed by atoms with E-state index in [2.05, 4.69) is 53.2 Å². The Labute approximate surface area is 136 Å². The van der Waals surface area contributed by atoms with E-state index in [4.69, 9.17) is 0 Å². The van der Waals surface area contributed by atoms with E-state index in [0.29, 0.717) is 5.92 Å². The number of nitrogens with one attached hydrogen (secondary N) is 1. The standard InChI is InChI=1S/C20H22N2O/c1-13-11-12-21-19(13)22-17-10-5-4-7-14(17)15-8-6-9-16(18(15)22)20(2,3)23/h4-13,19,21,23H,1-3H3. The predicted octanol–water partition coefficient (Wildman–Crippen LogP) is 4.27. The van der Waals surface area contributed by atoms with Crippen LogP contribution in [0.4, 0.5) is 0 Å². The maximum atomic E-state index is 10.7. The van der Waals surface area contributed by atoms with Crippen LogP contribution in [0.15, 0.2) is 54.7 Å². The Balaban J connectivity index is 2.16. The van der Waals surface area contributed by atoms with Gasteiger partial charge in [-0.3, -0.25) is 0 Å². The van der Waals surface area contributed by atoms with Crippen molar-refractivity contribution in [3.8, 4) is 0 Å². The van der Waals surface area contributed by atoms with E-state index < -0.39 is 5.60 Å². The van der Waals surface area contributed by atoms with Crippen molar-refractivity contribution < 1.29 is 5.11 Å². The molecule has 1 aliphatic heterocycles. The van der Waals surface area contributed by atoms with Crippen molar-refractivity contribution in [3.05, 3.63) is 60.3 Å². The lowest BCUT2D eigenvalue weighted by Gasteiger charge is -2.25. The number of benzene rings is 2. The molecule has 0 spiro atoms. The highest BCUT2D eigenvalue weighted by Crippen LogP contribution is 2.39. The molecule has 23 heavy (non-hydrogen) atoms. The molecule has 118 valence electrons. The van der Waals surface area contributed by atoms with Crippen molar-refractivity contribution in [2.45, 2.75) is 32.5 Å². The Morgan fingerprint density at radius 3 is 2.48 bits per heavy atom. The highest BCUT2D eigenvalue weighted by Gasteiger charge is 2.28. The lowest BCUT2D eigenvalue weighted by atomic mass is 9.95. The summed E-state index contributed by atoms with van der Waals surface area (Å²) in [5.74, 6) is 0.392. The van der Waals surface area contributed by atoms with Crippen LogP contribution in [-0.2, 0) is 5.60 Å². The van der Waals surface area contributed by atoms with Crippen molar-refractivity contribution in [2.24, 2.45) is 5.92 Å². The van der Waals surface area contributed by atoms with Gasteiger partial charge in [-0.15, -0.1) is 0 Å². The van der Waals surface area contributed by atoms with E-state index in [1.165, 1.54) is 16.3 Å². The van der Waals surface area contributed by atoms with E-state index in [1.807, 2.05) is 32.2 Å². The summed E-state index contributed by atoms with van der Waals surface area (Å²) in [6.07, 6.45) is 4.39. The summed E-state index contributed by atoms with van der Waals surface area (Å²) < 4.78 is 2.35. The van der Waals surface area contributed by atoms with Gasteiger partial charge < -0.3 is 15.0 Å². The third kappa shape index (κ3) is 2.07. The summed E-state index contributed by atoms with van der Waals surface area (Å²) in [6, 6.07) is 14.7. The topological polar surface area (TPSA) is 37.2 Å². The van der Waals surface area contributed by atoms with Gasteiger partial charge in [0.05, 0.1) is 16.6 Å². The summed E-state index contributed by atoms with van der Waals surface area (Å²) in [7, 11) is 0. The maximum absolute atomic E-state index is 10.7. The van der Waals surface area contributed by atoms with Crippen LogP contribution in [0, 0.1) is 5.92 Å². The van der Waals surface area contributed by atoms with Crippen molar-refractivity contribution in [2.75, 3.05) is 0 Å². The first-order valence-corrected chi connectivity index (χ1v) is 8.16. The van der Waals surface area contributed by atoms with Crippen LogP contribution < -0.4 is 5.32 Å². The third-order valence-corrected chi connectivity index (χ3v) is 4.83. The zero-order chi connectivity index (χ0) is 16.2. The predicted molar refractivity (Wildman–Crippen MR) is 95.2 cm³/mol. The second-order valence-electron chi connectivity index (χ2n) is 6.98. The minimum absolute atomic E-state index is 0.167. The van der Waals surface area contributed by atoms with E-state index in [1.54, 1.807) is 0 Å². The van der Waals surface area contributed by atoms with Crippen LogP contribution in [0.3, 0.4) is 0 Å². The minimum Gasteiger partial charge on any atom is -0.386 e. The van der Waals surface area contributed by atoms with E-state index in [9.17, 15) is 5.11 Å². The molecule has 3 nitrogen and oxygen atoms in total. The molecule has 4 rings (SSSR count). The second kappa shape index (κ2) is 4.87. The summed E-state index contributed by atoms with van der Waals surface area (Å²) in [5, 5.41) is 16.6. The van der Waals surface area contributed by atoms with Crippen LogP contribution in [0.1, 0.15) is 32.5 Å². The SMILES string of the molecule is CC1C=CNC1n1c2ccccc2c2cccc(C(C)(C)O)c21. The number of fused-ring (bicyclic) bond motifs is 3. The summed E-state index contributed by atoms with van der Waals surface area (Å²) in [5.41, 5.74) is 2.40. The molecule has 3 heteroatoms. The number of hydrogen-bond donors (Lipinski definition) is 2. The van der Waals surface area contributed by atoms with Crippen molar-refractivity contribution in [3.63, 3.8) is 0 Å². The molecule has 0 saturated heterocycles. The zero-order valence-corrected chi connectivity index (χ0v) is 13.7. The molecule has 1 aliphatic rings. The van der Waals surface area contributed by atoms with Gasteiger partial charge in [0.2, 0.25) is 0 Å². The van der Waals surface area contributed by atoms with Crippen LogP contribution >= 0.6 is 0 Å². The molecule has 0 saturated carbocycles. The van der Waals surface area contributed by atoms with Gasteiger partial charge in [-0.1, -0.05) is 49.4 Å². The average Bonchev–Trinajstić information content (AvgIpc) is 3.07. The highest BCUT2D eigenvalue weighted by atomic mass is 16.3. The molecule has 1 aromatic heterocycles. The fraction of sp³-hybridized carbons (Fsp3) is 0.300. The first-order valence-electron chi connectivity index (χ1n) is 8.16. The van der Waals surface area contributed by atoms with Crippen molar-refractivity contribution >= 4 is 21.8 Å². The molecule has 0 radical (unpaired) electrons. The van der Waals surface area contributed by atoms with Crippen LogP contribution in [0.25, 0.3) is 21.8 Å². The van der Waals surface area contributed by atoms with Crippen molar-refractivity contribution in [1.82, 2.24) is 9.88 Å². The summed E-state index contributed by atoms with van der Waals surface area (Å²) in [6.45, 7) is 5.93. The fourth-order valence-corrected chi connectivity index (χ4v) is 3.71. The minimum atomic E-state index is -0.888. The number of aromatic nitrogens is 1. The second-order valence-corrected chi connectivity index (χ2v) is 6.98. The molecule has 0 fully saturated rings. The number of hydrogen-bond acceptors (Lipinski definition) is 2. The number of nitrogens with zero attached hydrogens (tertiary/aromatic N) is 1. The van der Waals surface area contributed by atoms with E-state index >= 15 is 0 Å². The van der Waals surface area contributed by atoms with E-state index in [-0.39, 0.29) is 6.17 Å². The molecule has 0 aliphatic carbocycles. The van der Waals surface area contributed by atoms with E-state index in [0.717, 1.165) is 11.1 Å². The van der Waals surface area contributed by atoms with Gasteiger partial charge in [0.15, 0.2) is 0 Å². The third-order valence-electron chi connectivity index (χ3n) is 4.83. The first kappa shape index (κ1) is 14.3. The lowest BCUT2D eigenvalue weighted by molar-refractivity contribution is 0.0797. The monoisotopic (exact) mass is 306 g/mol. The molecule has 2 unspecified atom stereocenters. The molecule has 2 atom stereocenters. The Kier molecular flexibility index (Phi) is 3.03. The van der Waals surface area contributed by atoms with Gasteiger partial charge in [0.1, 0.15) is 6.17 Å². The molecule has 2 N–H and O–H groups in total. The summed E-state index contributed by atoms with van der Waals surface area (Å²) in [4.78, 5) is 0. The van der Waals surface area contributed by atoms with Gasteiger partial charge in [-0.05, 0) is 26.1 Å². The van der Waals surface area contributed by atoms with Gasteiger partial charge >= 0.3 is 0 Å². The van der Waals surface area contributed by atoms with Crippen LogP contribution in [0.5, 0.6) is 0 Å². The first-order chi connectivity index (χ1) is 11.0. The molecule has 0 amide bonds. The maximum Gasteiger partial charge on any atom is 0.110 e. The van der Waals surface area contributed by atoms with Gasteiger partial charge in [-0.2, -0.15) is 0 Å². The molecule has 3 aromatic rings. The van der Waals surface area contributed by atoms with Crippen molar-refractivity contribution in [1.29, 1.82) is 0 Å². The molecule has 0 bridgehead atoms. The molecular weight excluding hydrogens is 284 g/mol. The smallest absolute Gasteiger partial charge is 0.110 e. The van der Waals surface area contributed by atoms with Gasteiger partial charge in [0.25, 0.3) is 0 Å². The Hall–Kier alpha value is -2.26. The number of para-hydroxylation sites is 2. The van der Waals surface area contributed by atoms with Gasteiger partial charge in [-0.25, -0.2) is 0 Å². The molecule has 2 aromatic carbocycles. The number of rotatable bonds is 2. The Morgan fingerprint density at radius 1 is 1.04 bits per heavy atom. The fourth-order valence-electron chi connectivity index (χ4n) is 3.71. The Bertz CT molecular complexity index is 914. The van der Waals surface area contributed by atoms with Gasteiger partial charge in [0, 0.05) is 22.3 Å². The van der Waals surface area contributed by atoms with Crippen LogP contribution in [-0.4, -0.2) is 9.67 Å². The Morgan fingerprint density at radius 2 is 1.78 bits per heavy atom. The highest BCUT2D eigenvalue weighted by molar-refractivity contribution is 6.09. The zero-order valence-electron chi connectivity index (χ0n) is 13.7. The average molecular weight is 306 g/mol. The lowest BCUT2D eigenvalue weighted by Crippen LogP contribution is -2.25. The quantitative estimate of drug-likeness (QED) is 0.742. The van der Waals surface area contributed by atoms with Crippen LogP contribution in [0.2, 0.25) is 0 Å². The normalized spacial score (nSPS) is 21.2. The largest absolute Gasteiger partial charge is 0.386 e. The number of aliphatic hydroxyl groups is 1. The molecular formula is C20H22N2O. The summed E-state index contributed by atoms with van der Waals surface area (Å²) >= 11 is 0. The molecule has 2 heterocycles.